The monoisotopic (exact) mass is 367 g/mol. The van der Waals surface area contributed by atoms with Gasteiger partial charge in [0.05, 0.1) is 17.6 Å². The molecule has 0 amide bonds. The van der Waals surface area contributed by atoms with Crippen LogP contribution in [0.25, 0.3) is 10.9 Å². The summed E-state index contributed by atoms with van der Waals surface area (Å²) in [6.07, 6.45) is -1.31. The molecule has 1 aliphatic rings. The van der Waals surface area contributed by atoms with E-state index >= 15 is 0 Å². The van der Waals surface area contributed by atoms with Crippen molar-refractivity contribution in [3.63, 3.8) is 0 Å². The lowest BCUT2D eigenvalue weighted by molar-refractivity contribution is -0.139. The topological polar surface area (TPSA) is 65.5 Å². The van der Waals surface area contributed by atoms with Crippen molar-refractivity contribution in [2.24, 2.45) is 0 Å². The van der Waals surface area contributed by atoms with E-state index in [2.05, 4.69) is 10.3 Å². The number of nitrogens with zero attached hydrogens (tertiary/aromatic N) is 2. The molecule has 1 aliphatic carbocycles. The molecule has 1 fully saturated rings. The van der Waals surface area contributed by atoms with Gasteiger partial charge in [0.15, 0.2) is 0 Å². The molecule has 3 rings (SSSR count). The summed E-state index contributed by atoms with van der Waals surface area (Å²) in [5.74, 6) is -0.844. The third-order valence-corrected chi connectivity index (χ3v) is 4.80. The molecule has 0 unspecified atom stereocenters. The number of likely N-dealkylation sites (N-methyl/N-ethyl adjacent to an activating group) is 1. The predicted molar refractivity (Wildman–Crippen MR) is 92.1 cm³/mol. The molecule has 1 heterocycles. The van der Waals surface area contributed by atoms with Gasteiger partial charge in [-0.3, -0.25) is 14.7 Å². The molecule has 0 radical (unpaired) electrons. The van der Waals surface area contributed by atoms with Gasteiger partial charge in [0, 0.05) is 29.4 Å². The Labute approximate surface area is 148 Å². The number of aliphatic carboxylic acids is 1. The van der Waals surface area contributed by atoms with E-state index < -0.39 is 17.7 Å². The number of halogens is 3. The Bertz CT molecular complexity index is 804. The first-order valence-electron chi connectivity index (χ1n) is 8.46. The fourth-order valence-electron chi connectivity index (χ4n) is 3.35. The first-order valence-corrected chi connectivity index (χ1v) is 8.46. The van der Waals surface area contributed by atoms with Gasteiger partial charge < -0.3 is 10.4 Å². The van der Waals surface area contributed by atoms with Gasteiger partial charge in [0.2, 0.25) is 0 Å². The van der Waals surface area contributed by atoms with Crippen LogP contribution in [0, 0.1) is 0 Å². The number of benzene rings is 1. The SMILES string of the molecule is CCN(CC(=O)O)C1CC(Nc2ccnc3cc(C(F)(F)F)ccc23)C1. The van der Waals surface area contributed by atoms with Crippen LogP contribution >= 0.6 is 0 Å². The number of carboxylic acids is 1. The summed E-state index contributed by atoms with van der Waals surface area (Å²) in [5.41, 5.74) is 0.320. The number of carbonyl (C=O) groups is 1. The zero-order chi connectivity index (χ0) is 18.9. The highest BCUT2D eigenvalue weighted by atomic mass is 19.4. The van der Waals surface area contributed by atoms with Crippen LogP contribution in [-0.2, 0) is 11.0 Å². The van der Waals surface area contributed by atoms with Crippen LogP contribution in [0.5, 0.6) is 0 Å². The lowest BCUT2D eigenvalue weighted by Gasteiger charge is -2.42. The Hall–Kier alpha value is -2.35. The van der Waals surface area contributed by atoms with Crippen LogP contribution in [-0.4, -0.2) is 46.1 Å². The van der Waals surface area contributed by atoms with E-state index in [0.29, 0.717) is 17.4 Å². The number of anilines is 1. The summed E-state index contributed by atoms with van der Waals surface area (Å²) in [6.45, 7) is 2.62. The van der Waals surface area contributed by atoms with Crippen LogP contribution in [0.2, 0.25) is 0 Å². The summed E-state index contributed by atoms with van der Waals surface area (Å²) < 4.78 is 38.5. The molecule has 140 valence electrons. The van der Waals surface area contributed by atoms with Crippen molar-refractivity contribution in [2.45, 2.75) is 38.0 Å². The molecular formula is C18H20F3N3O2. The van der Waals surface area contributed by atoms with Gasteiger partial charge in [0.25, 0.3) is 0 Å². The molecule has 0 spiro atoms. The molecule has 0 saturated heterocycles. The van der Waals surface area contributed by atoms with Gasteiger partial charge in [-0.05, 0) is 37.6 Å². The van der Waals surface area contributed by atoms with Crippen LogP contribution in [0.1, 0.15) is 25.3 Å². The van der Waals surface area contributed by atoms with Crippen LogP contribution in [0.4, 0.5) is 18.9 Å². The number of hydrogen-bond donors (Lipinski definition) is 2. The van der Waals surface area contributed by atoms with Crippen molar-refractivity contribution in [1.82, 2.24) is 9.88 Å². The Kier molecular flexibility index (Phi) is 5.04. The molecular weight excluding hydrogens is 347 g/mol. The van der Waals surface area contributed by atoms with Crippen molar-refractivity contribution in [1.29, 1.82) is 0 Å². The second-order valence-corrected chi connectivity index (χ2v) is 6.51. The molecule has 0 aliphatic heterocycles. The Balaban J connectivity index is 1.70. The number of nitrogens with one attached hydrogen (secondary N) is 1. The van der Waals surface area contributed by atoms with Gasteiger partial charge in [-0.2, -0.15) is 13.2 Å². The van der Waals surface area contributed by atoms with Gasteiger partial charge in [-0.15, -0.1) is 0 Å². The van der Waals surface area contributed by atoms with Gasteiger partial charge in [-0.1, -0.05) is 13.0 Å². The average molecular weight is 367 g/mol. The zero-order valence-corrected chi connectivity index (χ0v) is 14.3. The highest BCUT2D eigenvalue weighted by Crippen LogP contribution is 2.34. The standard InChI is InChI=1S/C18H20F3N3O2/c1-2-24(10-17(25)26)13-8-12(9-13)23-15-5-6-22-16-7-11(18(19,20)21)3-4-14(15)16/h3-7,12-13H,2,8-10H2,1H3,(H,22,23)(H,25,26). The van der Waals surface area contributed by atoms with Gasteiger partial charge in [-0.25, -0.2) is 0 Å². The van der Waals surface area contributed by atoms with E-state index in [9.17, 15) is 18.0 Å². The lowest BCUT2D eigenvalue weighted by Crippen LogP contribution is -2.51. The minimum absolute atomic E-state index is 0.0201. The number of carboxylic acid groups (broad SMARTS) is 1. The molecule has 0 bridgehead atoms. The number of alkyl halides is 3. The highest BCUT2D eigenvalue weighted by molar-refractivity contribution is 5.91. The first kappa shape index (κ1) is 18.4. The Morgan fingerprint density at radius 1 is 1.35 bits per heavy atom. The molecule has 1 aromatic carbocycles. The normalized spacial score (nSPS) is 20.2. The maximum absolute atomic E-state index is 12.8. The zero-order valence-electron chi connectivity index (χ0n) is 14.3. The molecule has 2 N–H and O–H groups in total. The maximum atomic E-state index is 12.8. The second-order valence-electron chi connectivity index (χ2n) is 6.51. The Morgan fingerprint density at radius 3 is 2.69 bits per heavy atom. The third-order valence-electron chi connectivity index (χ3n) is 4.80. The molecule has 8 heteroatoms. The van der Waals surface area contributed by atoms with E-state index in [1.165, 1.54) is 12.3 Å². The summed E-state index contributed by atoms with van der Waals surface area (Å²) in [5, 5.41) is 12.9. The van der Waals surface area contributed by atoms with E-state index in [0.717, 1.165) is 30.7 Å². The molecule has 0 atom stereocenters. The van der Waals surface area contributed by atoms with Crippen molar-refractivity contribution in [3.05, 3.63) is 36.0 Å². The molecule has 1 saturated carbocycles. The van der Waals surface area contributed by atoms with Crippen LogP contribution in [0.15, 0.2) is 30.5 Å². The molecule has 26 heavy (non-hydrogen) atoms. The number of fused-ring (bicyclic) bond motifs is 1. The number of rotatable bonds is 6. The smallest absolute Gasteiger partial charge is 0.416 e. The fraction of sp³-hybridized carbons (Fsp3) is 0.444. The first-order chi connectivity index (χ1) is 12.3. The van der Waals surface area contributed by atoms with Gasteiger partial charge >= 0.3 is 12.1 Å². The lowest BCUT2D eigenvalue weighted by atomic mass is 9.85. The van der Waals surface area contributed by atoms with Crippen molar-refractivity contribution >= 4 is 22.6 Å². The predicted octanol–water partition coefficient (Wildman–Crippen LogP) is 3.60. The largest absolute Gasteiger partial charge is 0.480 e. The van der Waals surface area contributed by atoms with E-state index in [-0.39, 0.29) is 18.6 Å². The second kappa shape index (κ2) is 7.11. The van der Waals surface area contributed by atoms with Crippen LogP contribution in [0.3, 0.4) is 0 Å². The third kappa shape index (κ3) is 3.90. The fourth-order valence-corrected chi connectivity index (χ4v) is 3.35. The molecule has 1 aromatic heterocycles. The summed E-state index contributed by atoms with van der Waals surface area (Å²) in [7, 11) is 0. The maximum Gasteiger partial charge on any atom is 0.416 e. The quantitative estimate of drug-likeness (QED) is 0.817. The molecule has 5 nitrogen and oxygen atoms in total. The van der Waals surface area contributed by atoms with Crippen LogP contribution < -0.4 is 5.32 Å². The number of hydrogen-bond acceptors (Lipinski definition) is 4. The highest BCUT2D eigenvalue weighted by Gasteiger charge is 2.34. The Morgan fingerprint density at radius 2 is 2.08 bits per heavy atom. The summed E-state index contributed by atoms with van der Waals surface area (Å²) in [4.78, 5) is 16.8. The number of aromatic nitrogens is 1. The van der Waals surface area contributed by atoms with E-state index in [1.807, 2.05) is 11.8 Å². The average Bonchev–Trinajstić information content (AvgIpc) is 2.54. The minimum Gasteiger partial charge on any atom is -0.480 e. The van der Waals surface area contributed by atoms with E-state index in [4.69, 9.17) is 5.11 Å². The van der Waals surface area contributed by atoms with Crippen molar-refractivity contribution in [2.75, 3.05) is 18.4 Å². The van der Waals surface area contributed by atoms with E-state index in [1.54, 1.807) is 6.07 Å². The van der Waals surface area contributed by atoms with Crippen molar-refractivity contribution in [3.8, 4) is 0 Å². The van der Waals surface area contributed by atoms with Gasteiger partial charge in [0.1, 0.15) is 0 Å². The minimum atomic E-state index is -4.39. The summed E-state index contributed by atoms with van der Waals surface area (Å²) >= 11 is 0. The van der Waals surface area contributed by atoms with Crippen molar-refractivity contribution < 1.29 is 23.1 Å². The molecule has 2 aromatic rings. The summed E-state index contributed by atoms with van der Waals surface area (Å²) in [6, 6.07) is 5.67. The number of pyridine rings is 1.